The van der Waals surface area contributed by atoms with Gasteiger partial charge in [-0.05, 0) is 0 Å². The molecule has 0 radical (unpaired) electrons. The first kappa shape index (κ1) is 13.7. The van der Waals surface area contributed by atoms with E-state index in [0.29, 0.717) is 6.54 Å². The van der Waals surface area contributed by atoms with Gasteiger partial charge in [0, 0.05) is 65.4 Å². The van der Waals surface area contributed by atoms with Gasteiger partial charge in [-0.1, -0.05) is 0 Å². The molecule has 0 aromatic heterocycles. The first-order valence-corrected chi connectivity index (χ1v) is 6.97. The van der Waals surface area contributed by atoms with Gasteiger partial charge in [-0.15, -0.1) is 0 Å². The lowest BCUT2D eigenvalue weighted by atomic mass is 10.3. The molecule has 2 rings (SSSR count). The van der Waals surface area contributed by atoms with Gasteiger partial charge in [-0.2, -0.15) is 0 Å². The first-order chi connectivity index (χ1) is 8.84. The molecule has 1 amide bonds. The van der Waals surface area contributed by atoms with Crippen molar-refractivity contribution < 1.29 is 4.79 Å². The number of rotatable bonds is 5. The minimum Gasteiger partial charge on any atom is -0.354 e. The van der Waals surface area contributed by atoms with Crippen LogP contribution >= 0.6 is 0 Å². The Morgan fingerprint density at radius 3 is 2.11 bits per heavy atom. The average molecular weight is 255 g/mol. The van der Waals surface area contributed by atoms with Gasteiger partial charge in [0.05, 0.1) is 6.54 Å². The van der Waals surface area contributed by atoms with E-state index in [1.807, 2.05) is 0 Å². The monoisotopic (exact) mass is 255 g/mol. The Morgan fingerprint density at radius 2 is 1.50 bits per heavy atom. The van der Waals surface area contributed by atoms with Crippen LogP contribution in [0.3, 0.4) is 0 Å². The van der Waals surface area contributed by atoms with E-state index < -0.39 is 0 Å². The number of piperazine rings is 2. The van der Waals surface area contributed by atoms with E-state index in [4.69, 9.17) is 0 Å². The third-order valence-corrected chi connectivity index (χ3v) is 3.54. The van der Waals surface area contributed by atoms with Crippen LogP contribution in [0.4, 0.5) is 0 Å². The second-order valence-electron chi connectivity index (χ2n) is 4.97. The predicted molar refractivity (Wildman–Crippen MR) is 71.6 cm³/mol. The molecule has 0 aromatic rings. The molecule has 6 nitrogen and oxygen atoms in total. The molecule has 2 aliphatic rings. The zero-order valence-electron chi connectivity index (χ0n) is 11.1. The van der Waals surface area contributed by atoms with Crippen molar-refractivity contribution in [1.29, 1.82) is 0 Å². The zero-order chi connectivity index (χ0) is 12.6. The number of hydrogen-bond donors (Lipinski definition) is 3. The fraction of sp³-hybridized carbons (Fsp3) is 0.917. The third kappa shape index (κ3) is 4.89. The Kier molecular flexibility index (Phi) is 5.86. The molecule has 0 aliphatic carbocycles. The van der Waals surface area contributed by atoms with Gasteiger partial charge < -0.3 is 16.0 Å². The molecule has 2 heterocycles. The molecule has 3 N–H and O–H groups in total. The summed E-state index contributed by atoms with van der Waals surface area (Å²) in [5.74, 6) is 0.159. The maximum Gasteiger partial charge on any atom is 0.234 e. The number of nitrogens with one attached hydrogen (secondary N) is 3. The summed E-state index contributed by atoms with van der Waals surface area (Å²) in [5, 5.41) is 9.63. The van der Waals surface area contributed by atoms with Crippen LogP contribution < -0.4 is 16.0 Å². The molecule has 0 spiro atoms. The summed E-state index contributed by atoms with van der Waals surface area (Å²) in [6.07, 6.45) is 0. The largest absolute Gasteiger partial charge is 0.354 e. The molecular weight excluding hydrogens is 230 g/mol. The van der Waals surface area contributed by atoms with Gasteiger partial charge in [0.1, 0.15) is 0 Å². The van der Waals surface area contributed by atoms with Crippen molar-refractivity contribution in [2.45, 2.75) is 0 Å². The van der Waals surface area contributed by atoms with Gasteiger partial charge in [-0.3, -0.25) is 14.6 Å². The van der Waals surface area contributed by atoms with E-state index in [9.17, 15) is 4.79 Å². The van der Waals surface area contributed by atoms with Crippen molar-refractivity contribution in [1.82, 2.24) is 25.8 Å². The summed E-state index contributed by atoms with van der Waals surface area (Å²) in [4.78, 5) is 16.3. The Balaban J connectivity index is 1.53. The summed E-state index contributed by atoms with van der Waals surface area (Å²) in [6.45, 7) is 10.5. The smallest absolute Gasteiger partial charge is 0.234 e. The molecule has 2 fully saturated rings. The quantitative estimate of drug-likeness (QED) is 0.526. The van der Waals surface area contributed by atoms with Crippen LogP contribution in [-0.4, -0.2) is 87.7 Å². The number of carbonyl (C=O) groups excluding carboxylic acids is 1. The number of carbonyl (C=O) groups is 1. The molecule has 0 unspecified atom stereocenters. The highest BCUT2D eigenvalue weighted by molar-refractivity contribution is 5.78. The van der Waals surface area contributed by atoms with Crippen LogP contribution in [0, 0.1) is 0 Å². The highest BCUT2D eigenvalue weighted by Gasteiger charge is 2.13. The average Bonchev–Trinajstić information content (AvgIpc) is 2.41. The maximum atomic E-state index is 11.7. The zero-order valence-corrected chi connectivity index (χ0v) is 11.1. The van der Waals surface area contributed by atoms with Crippen molar-refractivity contribution >= 4 is 5.91 Å². The van der Waals surface area contributed by atoms with Gasteiger partial charge in [0.15, 0.2) is 0 Å². The van der Waals surface area contributed by atoms with Crippen LogP contribution in [0.5, 0.6) is 0 Å². The van der Waals surface area contributed by atoms with E-state index in [1.54, 1.807) is 0 Å². The molecular formula is C12H25N5O. The lowest BCUT2D eigenvalue weighted by Crippen LogP contribution is -2.49. The molecule has 2 aliphatic heterocycles. The Hall–Kier alpha value is -0.690. The van der Waals surface area contributed by atoms with Crippen molar-refractivity contribution in [2.75, 3.05) is 72.0 Å². The Labute approximate surface area is 109 Å². The summed E-state index contributed by atoms with van der Waals surface area (Å²) in [6, 6.07) is 0. The van der Waals surface area contributed by atoms with Crippen molar-refractivity contribution in [2.24, 2.45) is 0 Å². The molecule has 0 aromatic carbocycles. The predicted octanol–water partition coefficient (Wildman–Crippen LogP) is -2.09. The van der Waals surface area contributed by atoms with Gasteiger partial charge in [0.2, 0.25) is 5.91 Å². The molecule has 2 saturated heterocycles. The van der Waals surface area contributed by atoms with E-state index in [0.717, 1.165) is 65.4 Å². The molecule has 0 saturated carbocycles. The molecule has 0 atom stereocenters. The summed E-state index contributed by atoms with van der Waals surface area (Å²) in [7, 11) is 0. The highest BCUT2D eigenvalue weighted by Crippen LogP contribution is 1.92. The van der Waals surface area contributed by atoms with Crippen LogP contribution in [0.15, 0.2) is 0 Å². The van der Waals surface area contributed by atoms with Gasteiger partial charge >= 0.3 is 0 Å². The second kappa shape index (κ2) is 7.68. The minimum atomic E-state index is 0.159. The molecule has 6 heteroatoms. The van der Waals surface area contributed by atoms with Gasteiger partial charge in [-0.25, -0.2) is 0 Å². The highest BCUT2D eigenvalue weighted by atomic mass is 16.2. The Morgan fingerprint density at radius 1 is 0.944 bits per heavy atom. The standard InChI is InChI=1S/C12H25N5O/c18-12(11-17-8-3-14-4-9-17)15-5-10-16-6-1-13-2-7-16/h13-14H,1-11H2,(H,15,18). The van der Waals surface area contributed by atoms with Crippen molar-refractivity contribution in [3.8, 4) is 0 Å². The summed E-state index contributed by atoms with van der Waals surface area (Å²) in [5.41, 5.74) is 0. The molecule has 104 valence electrons. The summed E-state index contributed by atoms with van der Waals surface area (Å²) < 4.78 is 0. The van der Waals surface area contributed by atoms with Crippen molar-refractivity contribution in [3.05, 3.63) is 0 Å². The lowest BCUT2D eigenvalue weighted by Gasteiger charge is -2.28. The topological polar surface area (TPSA) is 59.6 Å². The van der Waals surface area contributed by atoms with Crippen LogP contribution in [-0.2, 0) is 4.79 Å². The first-order valence-electron chi connectivity index (χ1n) is 6.97. The summed E-state index contributed by atoms with van der Waals surface area (Å²) >= 11 is 0. The normalized spacial score (nSPS) is 22.9. The lowest BCUT2D eigenvalue weighted by molar-refractivity contribution is -0.122. The van der Waals surface area contributed by atoms with Crippen LogP contribution in [0.1, 0.15) is 0 Å². The van der Waals surface area contributed by atoms with E-state index in [2.05, 4.69) is 25.8 Å². The van der Waals surface area contributed by atoms with Gasteiger partial charge in [0.25, 0.3) is 0 Å². The number of hydrogen-bond acceptors (Lipinski definition) is 5. The Bertz CT molecular complexity index is 249. The van der Waals surface area contributed by atoms with E-state index >= 15 is 0 Å². The van der Waals surface area contributed by atoms with Crippen LogP contribution in [0.25, 0.3) is 0 Å². The number of amides is 1. The SMILES string of the molecule is O=C(CN1CCNCC1)NCCN1CCNCC1. The van der Waals surface area contributed by atoms with E-state index in [1.165, 1.54) is 0 Å². The fourth-order valence-corrected chi connectivity index (χ4v) is 2.42. The van der Waals surface area contributed by atoms with Crippen molar-refractivity contribution in [3.63, 3.8) is 0 Å². The van der Waals surface area contributed by atoms with E-state index in [-0.39, 0.29) is 5.91 Å². The third-order valence-electron chi connectivity index (χ3n) is 3.54. The minimum absolute atomic E-state index is 0.159. The fourth-order valence-electron chi connectivity index (χ4n) is 2.42. The molecule has 18 heavy (non-hydrogen) atoms. The number of nitrogens with zero attached hydrogens (tertiary/aromatic N) is 2. The molecule has 0 bridgehead atoms. The van der Waals surface area contributed by atoms with Crippen LogP contribution in [0.2, 0.25) is 0 Å². The maximum absolute atomic E-state index is 11.7. The second-order valence-corrected chi connectivity index (χ2v) is 4.97.